The van der Waals surface area contributed by atoms with Gasteiger partial charge in [-0.2, -0.15) is 13.2 Å². The van der Waals surface area contributed by atoms with Crippen molar-refractivity contribution in [3.05, 3.63) is 53.6 Å². The standard InChI is InChI=1S/C20H21F3N2O3/c1-27-10-11-28-18-7-6-15(20(21,22)23)12-16(18)24-19(26)13-25-9-8-14-4-2-3-5-17(14)25/h2-7,12H,8-11,13H2,1H3,(H,24,26). The van der Waals surface area contributed by atoms with Crippen molar-refractivity contribution in [3.63, 3.8) is 0 Å². The molecule has 2 aromatic rings. The fourth-order valence-electron chi connectivity index (χ4n) is 3.10. The largest absolute Gasteiger partial charge is 0.489 e. The minimum absolute atomic E-state index is 0.0107. The van der Waals surface area contributed by atoms with Gasteiger partial charge in [-0.25, -0.2) is 0 Å². The number of ether oxygens (including phenoxy) is 2. The van der Waals surface area contributed by atoms with E-state index in [0.717, 1.165) is 29.8 Å². The van der Waals surface area contributed by atoms with E-state index in [9.17, 15) is 18.0 Å². The highest BCUT2D eigenvalue weighted by Gasteiger charge is 2.31. The number of halogens is 3. The van der Waals surface area contributed by atoms with Crippen LogP contribution in [0.3, 0.4) is 0 Å². The molecule has 3 rings (SSSR count). The zero-order chi connectivity index (χ0) is 20.1. The van der Waals surface area contributed by atoms with Gasteiger partial charge in [-0.3, -0.25) is 4.79 Å². The van der Waals surface area contributed by atoms with Gasteiger partial charge >= 0.3 is 6.18 Å². The van der Waals surface area contributed by atoms with Crippen LogP contribution >= 0.6 is 0 Å². The average Bonchev–Trinajstić information content (AvgIpc) is 3.05. The maximum atomic E-state index is 13.1. The number of rotatable bonds is 7. The predicted molar refractivity (Wildman–Crippen MR) is 99.8 cm³/mol. The van der Waals surface area contributed by atoms with Crippen molar-refractivity contribution >= 4 is 17.3 Å². The van der Waals surface area contributed by atoms with E-state index in [2.05, 4.69) is 5.32 Å². The van der Waals surface area contributed by atoms with Crippen LogP contribution in [0.2, 0.25) is 0 Å². The first-order valence-corrected chi connectivity index (χ1v) is 8.84. The smallest absolute Gasteiger partial charge is 0.416 e. The Balaban J connectivity index is 1.74. The van der Waals surface area contributed by atoms with Crippen LogP contribution in [-0.2, 0) is 22.1 Å². The number of benzene rings is 2. The van der Waals surface area contributed by atoms with Crippen molar-refractivity contribution in [1.29, 1.82) is 0 Å². The molecule has 0 saturated carbocycles. The van der Waals surface area contributed by atoms with Crippen molar-refractivity contribution in [2.45, 2.75) is 12.6 Å². The normalized spacial score (nSPS) is 13.4. The number of amides is 1. The first-order valence-electron chi connectivity index (χ1n) is 8.84. The quantitative estimate of drug-likeness (QED) is 0.727. The number of para-hydroxylation sites is 1. The SMILES string of the molecule is COCCOc1ccc(C(F)(F)F)cc1NC(=O)CN1CCc2ccccc21. The summed E-state index contributed by atoms with van der Waals surface area (Å²) in [7, 11) is 1.49. The highest BCUT2D eigenvalue weighted by Crippen LogP contribution is 2.35. The zero-order valence-corrected chi connectivity index (χ0v) is 15.4. The van der Waals surface area contributed by atoms with Crippen molar-refractivity contribution < 1.29 is 27.4 Å². The van der Waals surface area contributed by atoms with E-state index in [0.29, 0.717) is 6.54 Å². The van der Waals surface area contributed by atoms with Gasteiger partial charge in [-0.05, 0) is 36.2 Å². The van der Waals surface area contributed by atoms with Crippen molar-refractivity contribution in [2.24, 2.45) is 0 Å². The lowest BCUT2D eigenvalue weighted by Crippen LogP contribution is -2.32. The molecule has 0 aromatic heterocycles. The second-order valence-corrected chi connectivity index (χ2v) is 6.40. The summed E-state index contributed by atoms with van der Waals surface area (Å²) in [5.41, 5.74) is 1.26. The molecule has 8 heteroatoms. The molecule has 2 aromatic carbocycles. The van der Waals surface area contributed by atoms with Gasteiger partial charge in [0.2, 0.25) is 5.91 Å². The summed E-state index contributed by atoms with van der Waals surface area (Å²) in [6.45, 7) is 1.17. The number of hydrogen-bond acceptors (Lipinski definition) is 4. The number of alkyl halides is 3. The molecule has 1 aliphatic rings. The molecule has 0 fully saturated rings. The van der Waals surface area contributed by atoms with Gasteiger partial charge in [-0.1, -0.05) is 18.2 Å². The molecule has 0 bridgehead atoms. The van der Waals surface area contributed by atoms with Crippen LogP contribution in [0.25, 0.3) is 0 Å². The average molecular weight is 394 g/mol. The van der Waals surface area contributed by atoms with Crippen molar-refractivity contribution in [1.82, 2.24) is 0 Å². The summed E-state index contributed by atoms with van der Waals surface area (Å²) >= 11 is 0. The maximum Gasteiger partial charge on any atom is 0.416 e. The van der Waals surface area contributed by atoms with E-state index < -0.39 is 17.6 Å². The maximum absolute atomic E-state index is 13.1. The Morgan fingerprint density at radius 3 is 2.71 bits per heavy atom. The number of carbonyl (C=O) groups excluding carboxylic acids is 1. The fraction of sp³-hybridized carbons (Fsp3) is 0.350. The van der Waals surface area contributed by atoms with Gasteiger partial charge in [0.25, 0.3) is 0 Å². The number of nitrogens with one attached hydrogen (secondary N) is 1. The molecule has 28 heavy (non-hydrogen) atoms. The number of hydrogen-bond donors (Lipinski definition) is 1. The number of anilines is 2. The van der Waals surface area contributed by atoms with Crippen molar-refractivity contribution in [2.75, 3.05) is 43.6 Å². The molecule has 1 aliphatic heterocycles. The van der Waals surface area contributed by atoms with E-state index in [-0.39, 0.29) is 31.2 Å². The minimum atomic E-state index is -4.52. The molecule has 1 N–H and O–H groups in total. The van der Waals surface area contributed by atoms with E-state index in [4.69, 9.17) is 9.47 Å². The Bertz CT molecular complexity index is 840. The fourth-order valence-corrected chi connectivity index (χ4v) is 3.10. The molecule has 0 radical (unpaired) electrons. The summed E-state index contributed by atoms with van der Waals surface area (Å²) in [6.07, 6.45) is -3.68. The summed E-state index contributed by atoms with van der Waals surface area (Å²) < 4.78 is 49.5. The van der Waals surface area contributed by atoms with E-state index in [1.165, 1.54) is 13.2 Å². The second kappa shape index (κ2) is 8.52. The summed E-state index contributed by atoms with van der Waals surface area (Å²) in [5.74, 6) is -0.243. The van der Waals surface area contributed by atoms with Gasteiger partial charge in [0.1, 0.15) is 12.4 Å². The summed E-state index contributed by atoms with van der Waals surface area (Å²) in [4.78, 5) is 14.4. The lowest BCUT2D eigenvalue weighted by Gasteiger charge is -2.20. The number of carbonyl (C=O) groups is 1. The van der Waals surface area contributed by atoms with Crippen LogP contribution in [-0.4, -0.2) is 39.3 Å². The van der Waals surface area contributed by atoms with Crippen LogP contribution in [0, 0.1) is 0 Å². The number of nitrogens with zero attached hydrogens (tertiary/aromatic N) is 1. The monoisotopic (exact) mass is 394 g/mol. The second-order valence-electron chi connectivity index (χ2n) is 6.40. The van der Waals surface area contributed by atoms with Gasteiger partial charge in [0.15, 0.2) is 0 Å². The summed E-state index contributed by atoms with van der Waals surface area (Å²) in [5, 5.41) is 2.56. The molecule has 0 unspecified atom stereocenters. The van der Waals surface area contributed by atoms with Crippen LogP contribution in [0.4, 0.5) is 24.5 Å². The molecule has 1 amide bonds. The molecule has 0 aliphatic carbocycles. The van der Waals surface area contributed by atoms with E-state index in [1.54, 1.807) is 0 Å². The van der Waals surface area contributed by atoms with Gasteiger partial charge in [-0.15, -0.1) is 0 Å². The number of methoxy groups -OCH3 is 1. The van der Waals surface area contributed by atoms with Crippen molar-refractivity contribution in [3.8, 4) is 5.75 Å². The molecule has 0 saturated heterocycles. The first kappa shape index (κ1) is 20.0. The third-order valence-electron chi connectivity index (χ3n) is 4.44. The van der Waals surface area contributed by atoms with Gasteiger partial charge in [0.05, 0.1) is 24.4 Å². The van der Waals surface area contributed by atoms with Crippen LogP contribution in [0.1, 0.15) is 11.1 Å². The molecule has 150 valence electrons. The van der Waals surface area contributed by atoms with Gasteiger partial charge in [0, 0.05) is 19.3 Å². The third-order valence-corrected chi connectivity index (χ3v) is 4.44. The highest BCUT2D eigenvalue weighted by molar-refractivity contribution is 5.95. The zero-order valence-electron chi connectivity index (χ0n) is 15.4. The lowest BCUT2D eigenvalue weighted by molar-refractivity contribution is -0.137. The summed E-state index contributed by atoms with van der Waals surface area (Å²) in [6, 6.07) is 10.8. The molecule has 0 spiro atoms. The van der Waals surface area contributed by atoms with Crippen LogP contribution in [0.15, 0.2) is 42.5 Å². The predicted octanol–water partition coefficient (Wildman–Crippen LogP) is 3.73. The Hall–Kier alpha value is -2.74. The van der Waals surface area contributed by atoms with Gasteiger partial charge < -0.3 is 19.7 Å². The highest BCUT2D eigenvalue weighted by atomic mass is 19.4. The third kappa shape index (κ3) is 4.75. The lowest BCUT2D eigenvalue weighted by atomic mass is 10.1. The van der Waals surface area contributed by atoms with E-state index >= 15 is 0 Å². The molecule has 0 atom stereocenters. The Labute approximate surface area is 161 Å². The van der Waals surface area contributed by atoms with E-state index in [1.807, 2.05) is 29.2 Å². The Morgan fingerprint density at radius 1 is 1.18 bits per heavy atom. The molecule has 5 nitrogen and oxygen atoms in total. The minimum Gasteiger partial charge on any atom is -0.489 e. The Morgan fingerprint density at radius 2 is 1.96 bits per heavy atom. The van der Waals surface area contributed by atoms with Crippen LogP contribution < -0.4 is 15.0 Å². The molecular formula is C20H21F3N2O3. The van der Waals surface area contributed by atoms with Crippen LogP contribution in [0.5, 0.6) is 5.75 Å². The topological polar surface area (TPSA) is 50.8 Å². The number of fused-ring (bicyclic) bond motifs is 1. The first-order chi connectivity index (χ1) is 13.4. The molecular weight excluding hydrogens is 373 g/mol. The molecule has 1 heterocycles. The Kier molecular flexibility index (Phi) is 6.08.